The van der Waals surface area contributed by atoms with Crippen molar-refractivity contribution in [3.63, 3.8) is 0 Å². The molecule has 0 unspecified atom stereocenters. The molecule has 25 heavy (non-hydrogen) atoms. The quantitative estimate of drug-likeness (QED) is 0.368. The van der Waals surface area contributed by atoms with Crippen LogP contribution in [-0.2, 0) is 0 Å². The molecule has 130 valence electrons. The first kappa shape index (κ1) is 18.9. The van der Waals surface area contributed by atoms with E-state index in [-0.39, 0.29) is 0 Å². The molecule has 0 amide bonds. The minimum atomic E-state index is 0.861. The van der Waals surface area contributed by atoms with Gasteiger partial charge < -0.3 is 0 Å². The van der Waals surface area contributed by atoms with Gasteiger partial charge in [0.15, 0.2) is 0 Å². The van der Waals surface area contributed by atoms with E-state index in [1.54, 1.807) is 0 Å². The van der Waals surface area contributed by atoms with E-state index < -0.39 is 0 Å². The van der Waals surface area contributed by atoms with Crippen molar-refractivity contribution in [2.24, 2.45) is 4.99 Å². The maximum absolute atomic E-state index is 4.90. The van der Waals surface area contributed by atoms with Crippen LogP contribution in [0, 0.1) is 0 Å². The summed E-state index contributed by atoms with van der Waals surface area (Å²) in [6.07, 6.45) is 25.9. The first-order valence-corrected chi connectivity index (χ1v) is 9.14. The molecule has 1 nitrogen and oxygen atoms in total. The summed E-state index contributed by atoms with van der Waals surface area (Å²) in [5.74, 6) is 0. The summed E-state index contributed by atoms with van der Waals surface area (Å²) < 4.78 is 0. The van der Waals surface area contributed by atoms with E-state index in [1.165, 1.54) is 16.7 Å². The third-order valence-corrected chi connectivity index (χ3v) is 4.40. The molecule has 0 aromatic carbocycles. The van der Waals surface area contributed by atoms with Crippen molar-refractivity contribution in [2.45, 2.75) is 46.5 Å². The summed E-state index contributed by atoms with van der Waals surface area (Å²) in [6, 6.07) is 0. The van der Waals surface area contributed by atoms with E-state index >= 15 is 0 Å². The van der Waals surface area contributed by atoms with Crippen LogP contribution >= 0.6 is 0 Å². The molecule has 0 radical (unpaired) electrons. The predicted molar refractivity (Wildman–Crippen MR) is 112 cm³/mol. The van der Waals surface area contributed by atoms with Gasteiger partial charge in [-0.1, -0.05) is 61.3 Å². The first-order chi connectivity index (χ1) is 12.2. The Kier molecular flexibility index (Phi) is 7.40. The molecule has 0 atom stereocenters. The Morgan fingerprint density at radius 2 is 2.00 bits per heavy atom. The molecule has 2 aliphatic carbocycles. The van der Waals surface area contributed by atoms with E-state index in [0.717, 1.165) is 42.7 Å². The molecule has 0 bridgehead atoms. The lowest BCUT2D eigenvalue weighted by molar-refractivity contribution is 0.964. The van der Waals surface area contributed by atoms with Gasteiger partial charge in [-0.3, -0.25) is 0 Å². The minimum absolute atomic E-state index is 0.861. The number of aliphatic imine (C=N–C) groups is 1. The van der Waals surface area contributed by atoms with Gasteiger partial charge in [0.05, 0.1) is 11.4 Å². The molecule has 2 rings (SSSR count). The average molecular weight is 332 g/mol. The molecule has 0 saturated carbocycles. The summed E-state index contributed by atoms with van der Waals surface area (Å²) >= 11 is 0. The second kappa shape index (κ2) is 9.78. The van der Waals surface area contributed by atoms with Crippen LogP contribution in [0.25, 0.3) is 0 Å². The second-order valence-electron chi connectivity index (χ2n) is 6.31. The summed E-state index contributed by atoms with van der Waals surface area (Å²) in [6.45, 7) is 10.5. The van der Waals surface area contributed by atoms with Crippen molar-refractivity contribution < 1.29 is 0 Å². The standard InChI is InChI=1S/C24H29N/c1-5-13-21(6-2)24(18-19(3)22-14-9-7-10-15-22)25-20(4)23-16-11-8-12-17-23/h5-6,8-9,11,13-16,18H,4,7,10,12,17H2,1-3H3/b13-5-,19-18+,21-6+,25-24+. The van der Waals surface area contributed by atoms with Crippen molar-refractivity contribution in [1.82, 2.24) is 0 Å². The molecule has 0 saturated heterocycles. The molecule has 0 aromatic heterocycles. The number of hydrogen-bond acceptors (Lipinski definition) is 1. The van der Waals surface area contributed by atoms with Crippen LogP contribution in [0.1, 0.15) is 46.5 Å². The highest BCUT2D eigenvalue weighted by Gasteiger charge is 2.08. The highest BCUT2D eigenvalue weighted by molar-refractivity contribution is 6.11. The number of hydrogen-bond donors (Lipinski definition) is 0. The molecular weight excluding hydrogens is 302 g/mol. The number of allylic oxidation sites excluding steroid dienone is 14. The van der Waals surface area contributed by atoms with E-state index in [4.69, 9.17) is 4.99 Å². The predicted octanol–water partition coefficient (Wildman–Crippen LogP) is 6.96. The van der Waals surface area contributed by atoms with E-state index in [9.17, 15) is 0 Å². The Balaban J connectivity index is 2.39. The van der Waals surface area contributed by atoms with Crippen LogP contribution in [0.5, 0.6) is 0 Å². The molecule has 0 aromatic rings. The SMILES string of the molecule is C=C(/N=C(\C=C(/C)C1=CCCC=C1)C(/C=C\C)=C/C)C1=CC=CCC1. The fraction of sp³-hybridized carbons (Fsp3) is 0.292. The van der Waals surface area contributed by atoms with Crippen LogP contribution in [0.2, 0.25) is 0 Å². The molecule has 0 fully saturated rings. The zero-order valence-electron chi connectivity index (χ0n) is 15.8. The van der Waals surface area contributed by atoms with Gasteiger partial charge in [-0.05, 0) is 74.8 Å². The monoisotopic (exact) mass is 331 g/mol. The highest BCUT2D eigenvalue weighted by atomic mass is 14.8. The lowest BCUT2D eigenvalue weighted by Gasteiger charge is -2.12. The van der Waals surface area contributed by atoms with Gasteiger partial charge in [0.2, 0.25) is 0 Å². The Hall–Kier alpha value is -2.41. The molecule has 0 heterocycles. The molecule has 0 N–H and O–H groups in total. The van der Waals surface area contributed by atoms with Crippen molar-refractivity contribution >= 4 is 5.71 Å². The summed E-state index contributed by atoms with van der Waals surface area (Å²) in [7, 11) is 0. The van der Waals surface area contributed by atoms with Gasteiger partial charge in [-0.2, -0.15) is 0 Å². The largest absolute Gasteiger partial charge is 0.249 e. The molecule has 2 aliphatic rings. The maximum Gasteiger partial charge on any atom is 0.0708 e. The van der Waals surface area contributed by atoms with Crippen molar-refractivity contribution in [2.75, 3.05) is 0 Å². The fourth-order valence-electron chi connectivity index (χ4n) is 2.94. The van der Waals surface area contributed by atoms with Gasteiger partial charge in [0, 0.05) is 0 Å². The Labute approximate surface area is 152 Å². The van der Waals surface area contributed by atoms with Crippen LogP contribution in [0.4, 0.5) is 0 Å². The zero-order valence-corrected chi connectivity index (χ0v) is 15.8. The van der Waals surface area contributed by atoms with Gasteiger partial charge in [-0.25, -0.2) is 4.99 Å². The normalized spacial score (nSPS) is 19.2. The summed E-state index contributed by atoms with van der Waals surface area (Å²) in [4.78, 5) is 4.90. The summed E-state index contributed by atoms with van der Waals surface area (Å²) in [5, 5.41) is 0. The topological polar surface area (TPSA) is 12.4 Å². The van der Waals surface area contributed by atoms with Gasteiger partial charge in [0.25, 0.3) is 0 Å². The molecular formula is C24H29N. The smallest absolute Gasteiger partial charge is 0.0708 e. The molecule has 0 spiro atoms. The average Bonchev–Trinajstić information content (AvgIpc) is 2.66. The second-order valence-corrected chi connectivity index (χ2v) is 6.31. The fourth-order valence-corrected chi connectivity index (χ4v) is 2.94. The van der Waals surface area contributed by atoms with E-state index in [1.807, 2.05) is 6.92 Å². The van der Waals surface area contributed by atoms with Gasteiger partial charge in [0.1, 0.15) is 0 Å². The maximum atomic E-state index is 4.90. The molecule has 1 heteroatoms. The van der Waals surface area contributed by atoms with E-state index in [2.05, 4.69) is 81.2 Å². The lowest BCUT2D eigenvalue weighted by Crippen LogP contribution is -2.02. The third-order valence-electron chi connectivity index (χ3n) is 4.40. The van der Waals surface area contributed by atoms with E-state index in [0.29, 0.717) is 0 Å². The third kappa shape index (κ3) is 5.56. The summed E-state index contributed by atoms with van der Waals surface area (Å²) in [5.41, 5.74) is 6.71. The Morgan fingerprint density at radius 1 is 1.16 bits per heavy atom. The van der Waals surface area contributed by atoms with Crippen LogP contribution in [-0.4, -0.2) is 5.71 Å². The Morgan fingerprint density at radius 3 is 2.60 bits per heavy atom. The first-order valence-electron chi connectivity index (χ1n) is 9.14. The number of nitrogens with zero attached hydrogens (tertiary/aromatic N) is 1. The van der Waals surface area contributed by atoms with Gasteiger partial charge in [-0.15, -0.1) is 0 Å². The van der Waals surface area contributed by atoms with Crippen LogP contribution in [0.15, 0.2) is 100 Å². The molecule has 0 aliphatic heterocycles. The van der Waals surface area contributed by atoms with Gasteiger partial charge >= 0.3 is 0 Å². The Bertz CT molecular complexity index is 743. The minimum Gasteiger partial charge on any atom is -0.249 e. The highest BCUT2D eigenvalue weighted by Crippen LogP contribution is 2.23. The van der Waals surface area contributed by atoms with Crippen LogP contribution < -0.4 is 0 Å². The van der Waals surface area contributed by atoms with Crippen molar-refractivity contribution in [1.29, 1.82) is 0 Å². The van der Waals surface area contributed by atoms with Crippen molar-refractivity contribution in [3.05, 3.63) is 95.3 Å². The van der Waals surface area contributed by atoms with Crippen LogP contribution in [0.3, 0.4) is 0 Å². The van der Waals surface area contributed by atoms with Crippen molar-refractivity contribution in [3.8, 4) is 0 Å². The zero-order chi connectivity index (χ0) is 18.1. The number of rotatable bonds is 6. The lowest BCUT2D eigenvalue weighted by atomic mass is 9.97.